The predicted octanol–water partition coefficient (Wildman–Crippen LogP) is 3.95. The summed E-state index contributed by atoms with van der Waals surface area (Å²) >= 11 is 1.13. The van der Waals surface area contributed by atoms with Gasteiger partial charge in [0, 0.05) is 12.1 Å². The highest BCUT2D eigenvalue weighted by Crippen LogP contribution is 2.23. The fourth-order valence-corrected chi connectivity index (χ4v) is 3.62. The Morgan fingerprint density at radius 3 is 2.61 bits per heavy atom. The lowest BCUT2D eigenvalue weighted by Gasteiger charge is -2.21. The Hall–Kier alpha value is -3.20. The lowest BCUT2D eigenvalue weighted by molar-refractivity contribution is -0.123. The summed E-state index contributed by atoms with van der Waals surface area (Å²) in [6.07, 6.45) is 0.949. The van der Waals surface area contributed by atoms with Gasteiger partial charge in [-0.2, -0.15) is 5.10 Å². The second-order valence-corrected chi connectivity index (χ2v) is 8.01. The molecule has 1 unspecified atom stereocenters. The molecule has 2 aromatic rings. The van der Waals surface area contributed by atoms with E-state index in [1.165, 1.54) is 12.1 Å². The number of thioether (sulfide) groups is 1. The molecular weight excluding hydrogens is 419 g/mol. The number of carbonyl (C=O) groups is 2. The van der Waals surface area contributed by atoms with Crippen molar-refractivity contribution in [3.8, 4) is 5.75 Å². The highest BCUT2D eigenvalue weighted by atomic mass is 32.2. The van der Waals surface area contributed by atoms with Crippen molar-refractivity contribution in [2.45, 2.75) is 31.9 Å². The van der Waals surface area contributed by atoms with Gasteiger partial charge in [0.1, 0.15) is 16.8 Å². The first-order chi connectivity index (χ1) is 14.9. The second-order valence-electron chi connectivity index (χ2n) is 6.82. The van der Waals surface area contributed by atoms with Crippen molar-refractivity contribution < 1.29 is 18.7 Å². The van der Waals surface area contributed by atoms with Crippen molar-refractivity contribution in [1.82, 2.24) is 5.32 Å². The fourth-order valence-electron chi connectivity index (χ4n) is 2.69. The Balaban J connectivity index is 1.63. The number of benzene rings is 2. The molecular formula is C22H23FN4O3S. The van der Waals surface area contributed by atoms with E-state index in [1.54, 1.807) is 43.3 Å². The van der Waals surface area contributed by atoms with E-state index in [4.69, 9.17) is 4.74 Å². The Morgan fingerprint density at radius 2 is 1.94 bits per heavy atom. The molecule has 0 spiro atoms. The van der Waals surface area contributed by atoms with Crippen LogP contribution in [-0.4, -0.2) is 34.6 Å². The Kier molecular flexibility index (Phi) is 7.77. The summed E-state index contributed by atoms with van der Waals surface area (Å²) in [5.41, 5.74) is 1.88. The van der Waals surface area contributed by atoms with Crippen LogP contribution in [0.25, 0.3) is 0 Å². The van der Waals surface area contributed by atoms with Crippen LogP contribution in [0.5, 0.6) is 5.75 Å². The number of hydrogen-bond donors (Lipinski definition) is 2. The first kappa shape index (κ1) is 22.5. The van der Waals surface area contributed by atoms with E-state index in [2.05, 4.69) is 20.8 Å². The minimum atomic E-state index is -0.634. The van der Waals surface area contributed by atoms with Crippen LogP contribution >= 0.6 is 11.8 Å². The van der Waals surface area contributed by atoms with Gasteiger partial charge in [0.15, 0.2) is 5.17 Å². The zero-order chi connectivity index (χ0) is 22.2. The van der Waals surface area contributed by atoms with E-state index in [0.717, 1.165) is 23.9 Å². The summed E-state index contributed by atoms with van der Waals surface area (Å²) in [7, 11) is 0. The molecule has 0 bridgehead atoms. The monoisotopic (exact) mass is 442 g/mol. The average Bonchev–Trinajstić information content (AvgIpc) is 2.77. The molecule has 2 aromatic carbocycles. The van der Waals surface area contributed by atoms with Crippen LogP contribution < -0.4 is 15.4 Å². The Morgan fingerprint density at radius 1 is 1.23 bits per heavy atom. The molecule has 1 aliphatic heterocycles. The molecule has 9 heteroatoms. The number of halogens is 1. The summed E-state index contributed by atoms with van der Waals surface area (Å²) in [4.78, 5) is 24.7. The third-order valence-electron chi connectivity index (χ3n) is 4.31. The van der Waals surface area contributed by atoms with Gasteiger partial charge in [-0.1, -0.05) is 30.8 Å². The first-order valence-corrected chi connectivity index (χ1v) is 10.7. The van der Waals surface area contributed by atoms with Gasteiger partial charge in [-0.25, -0.2) is 4.39 Å². The molecule has 2 amide bonds. The molecule has 7 nitrogen and oxygen atoms in total. The molecule has 0 aromatic heterocycles. The fraction of sp³-hybridized carbons (Fsp3) is 0.273. The van der Waals surface area contributed by atoms with Gasteiger partial charge in [0.05, 0.1) is 12.3 Å². The number of amidine groups is 1. The molecule has 2 N–H and O–H groups in total. The third kappa shape index (κ3) is 6.65. The van der Waals surface area contributed by atoms with Gasteiger partial charge < -0.3 is 15.4 Å². The van der Waals surface area contributed by atoms with E-state index in [-0.39, 0.29) is 29.2 Å². The number of ether oxygens (including phenoxy) is 1. The lowest BCUT2D eigenvalue weighted by Crippen LogP contribution is -2.41. The van der Waals surface area contributed by atoms with E-state index in [1.807, 2.05) is 6.92 Å². The molecule has 0 aliphatic carbocycles. The molecule has 1 fully saturated rings. The van der Waals surface area contributed by atoms with Crippen LogP contribution in [0.4, 0.5) is 10.1 Å². The topological polar surface area (TPSA) is 92.1 Å². The average molecular weight is 443 g/mol. The van der Waals surface area contributed by atoms with Gasteiger partial charge in [-0.3, -0.25) is 9.59 Å². The van der Waals surface area contributed by atoms with Crippen molar-refractivity contribution in [3.05, 3.63) is 59.9 Å². The molecule has 0 saturated carbocycles. The second kappa shape index (κ2) is 10.7. The summed E-state index contributed by atoms with van der Waals surface area (Å²) in [5, 5.41) is 13.2. The zero-order valence-electron chi connectivity index (χ0n) is 17.2. The molecule has 1 aliphatic rings. The number of nitrogens with zero attached hydrogens (tertiary/aromatic N) is 2. The van der Waals surface area contributed by atoms with Gasteiger partial charge >= 0.3 is 0 Å². The number of amides is 2. The largest absolute Gasteiger partial charge is 0.494 e. The summed E-state index contributed by atoms with van der Waals surface area (Å²) < 4.78 is 18.6. The number of carbonyl (C=O) groups excluding carboxylic acids is 2. The molecule has 3 rings (SSSR count). The molecule has 1 heterocycles. The van der Waals surface area contributed by atoms with Crippen molar-refractivity contribution in [3.63, 3.8) is 0 Å². The molecule has 1 saturated heterocycles. The quantitative estimate of drug-likeness (QED) is 0.502. The molecule has 162 valence electrons. The maximum atomic E-state index is 13.1. The first-order valence-electron chi connectivity index (χ1n) is 9.83. The van der Waals surface area contributed by atoms with E-state index in [9.17, 15) is 14.0 Å². The number of rotatable bonds is 7. The lowest BCUT2D eigenvalue weighted by atomic mass is 10.1. The Bertz CT molecular complexity index is 991. The minimum Gasteiger partial charge on any atom is -0.494 e. The molecule has 31 heavy (non-hydrogen) atoms. The van der Waals surface area contributed by atoms with E-state index >= 15 is 0 Å². The number of anilines is 1. The Labute approximate surface area is 184 Å². The highest BCUT2D eigenvalue weighted by Gasteiger charge is 2.30. The van der Waals surface area contributed by atoms with Crippen molar-refractivity contribution in [2.24, 2.45) is 10.2 Å². The highest BCUT2D eigenvalue weighted by molar-refractivity contribution is 8.15. The minimum absolute atomic E-state index is 0.0356. The van der Waals surface area contributed by atoms with Crippen LogP contribution in [0.3, 0.4) is 0 Å². The molecule has 0 radical (unpaired) electrons. The van der Waals surface area contributed by atoms with Crippen LogP contribution in [0.2, 0.25) is 0 Å². The van der Waals surface area contributed by atoms with Gasteiger partial charge in [0.25, 0.3) is 0 Å². The third-order valence-corrected chi connectivity index (χ3v) is 5.38. The molecule has 1 atom stereocenters. The van der Waals surface area contributed by atoms with Gasteiger partial charge in [-0.15, -0.1) is 5.10 Å². The van der Waals surface area contributed by atoms with Crippen LogP contribution in [0.1, 0.15) is 32.3 Å². The zero-order valence-corrected chi connectivity index (χ0v) is 18.0. The summed E-state index contributed by atoms with van der Waals surface area (Å²) in [6, 6.07) is 12.9. The number of hydrogen-bond acceptors (Lipinski definition) is 6. The normalized spacial score (nSPS) is 17.9. The van der Waals surface area contributed by atoms with Crippen LogP contribution in [-0.2, 0) is 9.59 Å². The van der Waals surface area contributed by atoms with E-state index in [0.29, 0.717) is 23.6 Å². The van der Waals surface area contributed by atoms with E-state index < -0.39 is 5.25 Å². The van der Waals surface area contributed by atoms with Crippen molar-refractivity contribution in [2.75, 3.05) is 11.9 Å². The van der Waals surface area contributed by atoms with Gasteiger partial charge in [0.2, 0.25) is 11.8 Å². The number of nitrogens with one attached hydrogen (secondary N) is 2. The van der Waals surface area contributed by atoms with Gasteiger partial charge in [-0.05, 0) is 55.3 Å². The smallest absolute Gasteiger partial charge is 0.238 e. The summed E-state index contributed by atoms with van der Waals surface area (Å²) in [6.45, 7) is 4.38. The van der Waals surface area contributed by atoms with Crippen LogP contribution in [0, 0.1) is 5.82 Å². The van der Waals surface area contributed by atoms with Crippen LogP contribution in [0.15, 0.2) is 58.7 Å². The maximum Gasteiger partial charge on any atom is 0.238 e. The van der Waals surface area contributed by atoms with Crippen molar-refractivity contribution in [1.29, 1.82) is 0 Å². The summed E-state index contributed by atoms with van der Waals surface area (Å²) in [5.74, 6) is -0.213. The standard InChI is InChI=1S/C22H23FN4O3S/c1-3-12-30-18-10-8-17(9-11-18)24-21(29)19-13-20(28)25-22(31-19)27-26-14(2)15-4-6-16(23)7-5-15/h4-11,19H,3,12-13H2,1-2H3,(H,24,29)(H,25,27,28). The van der Waals surface area contributed by atoms with Crippen molar-refractivity contribution >= 4 is 40.1 Å². The SMILES string of the molecule is CCCOc1ccc(NC(=O)C2CC(=O)NC(=NN=C(C)c3ccc(F)cc3)S2)cc1. The predicted molar refractivity (Wildman–Crippen MR) is 121 cm³/mol. The maximum absolute atomic E-state index is 13.1.